The van der Waals surface area contributed by atoms with Crippen molar-refractivity contribution < 1.29 is 93.6 Å². The average Bonchev–Trinajstić information content (AvgIpc) is 3.79. The lowest BCUT2D eigenvalue weighted by atomic mass is 9.80. The zero-order valence-corrected chi connectivity index (χ0v) is 52.1. The fourth-order valence-corrected chi connectivity index (χ4v) is 37.3. The number of nitriles is 1. The number of aliphatic hydroxyl groups is 3. The summed E-state index contributed by atoms with van der Waals surface area (Å²) in [6.07, 6.45) is -1.56. The first-order chi connectivity index (χ1) is 36.8. The molecular formula is C41H60N3O23PSi8. The summed E-state index contributed by atoms with van der Waals surface area (Å²) in [4.78, 5) is 27.1. The molecule has 0 amide bonds. The highest BCUT2D eigenvalue weighted by molar-refractivity contribution is 7.48. The van der Waals surface area contributed by atoms with Gasteiger partial charge in [0.05, 0.1) is 58.4 Å². The molecule has 4 aliphatic heterocycles. The van der Waals surface area contributed by atoms with E-state index in [4.69, 9.17) is 73.7 Å². The van der Waals surface area contributed by atoms with Crippen LogP contribution >= 0.6 is 7.82 Å². The van der Waals surface area contributed by atoms with Crippen molar-refractivity contribution >= 4 is 83.8 Å². The smallest absolute Gasteiger partial charge is 0.479 e. The molecule has 4 aliphatic rings. The number of aromatic amines is 1. The highest BCUT2D eigenvalue weighted by atomic mass is 31.2. The van der Waals surface area contributed by atoms with Crippen molar-refractivity contribution in [2.75, 3.05) is 53.0 Å². The van der Waals surface area contributed by atoms with Gasteiger partial charge in [-0.15, -0.1) is 0 Å². The van der Waals surface area contributed by atoms with Gasteiger partial charge in [0.15, 0.2) is 0 Å². The third-order valence-corrected chi connectivity index (χ3v) is 35.9. The average molecular weight is 1220 g/mol. The number of nitrogens with zero attached hydrogens (tertiary/aromatic N) is 2. The number of hydrogen-bond donors (Lipinski definition) is 4. The number of nitrogens with one attached hydrogen (secondary N) is 1. The molecule has 4 fully saturated rings. The van der Waals surface area contributed by atoms with E-state index in [1.165, 1.54) is 10.8 Å². The molecule has 414 valence electrons. The van der Waals surface area contributed by atoms with Crippen LogP contribution in [0.3, 0.4) is 0 Å². The molecule has 4 bridgehead atoms. The first-order valence-corrected chi connectivity index (χ1v) is 37.5. The summed E-state index contributed by atoms with van der Waals surface area (Å²) in [5.74, 6) is 1.11. The number of hydrogen-bond acceptors (Lipinski definition) is 24. The maximum atomic E-state index is 14.1. The summed E-state index contributed by atoms with van der Waals surface area (Å²) >= 11 is 0. The number of fused-ring (bicyclic) bond motifs is 4. The number of aliphatic hydroxyl groups excluding tert-OH is 3. The Morgan fingerprint density at radius 2 is 1.53 bits per heavy atom. The molecule has 35 heteroatoms. The van der Waals surface area contributed by atoms with Gasteiger partial charge in [-0.05, 0) is 47.9 Å². The fourth-order valence-electron chi connectivity index (χ4n) is 8.34. The van der Waals surface area contributed by atoms with Gasteiger partial charge >= 0.3 is 59.5 Å². The van der Waals surface area contributed by atoms with E-state index < -0.39 is 132 Å². The van der Waals surface area contributed by atoms with E-state index in [9.17, 15) is 34.7 Å². The summed E-state index contributed by atoms with van der Waals surface area (Å²) in [6, 6.07) is 25.9. The third kappa shape index (κ3) is 14.9. The molecule has 10 atom stereocenters. The van der Waals surface area contributed by atoms with E-state index in [0.29, 0.717) is 22.6 Å². The maximum absolute atomic E-state index is 14.1. The van der Waals surface area contributed by atoms with Gasteiger partial charge in [0.1, 0.15) is 29.4 Å². The number of aromatic nitrogens is 2. The van der Waals surface area contributed by atoms with E-state index in [1.54, 1.807) is 26.2 Å². The molecule has 0 saturated carbocycles. The Labute approximate surface area is 451 Å². The molecule has 5 heterocycles. The van der Waals surface area contributed by atoms with Crippen molar-refractivity contribution in [2.24, 2.45) is 0 Å². The van der Waals surface area contributed by atoms with Gasteiger partial charge in [0.25, 0.3) is 35.6 Å². The van der Waals surface area contributed by atoms with Crippen LogP contribution in [0.5, 0.6) is 11.5 Å². The predicted octanol–water partition coefficient (Wildman–Crippen LogP) is -1.39. The van der Waals surface area contributed by atoms with Crippen molar-refractivity contribution in [3.05, 3.63) is 128 Å². The molecule has 0 spiro atoms. The van der Waals surface area contributed by atoms with E-state index in [-0.39, 0.29) is 64.4 Å². The molecule has 4 aromatic rings. The Morgan fingerprint density at radius 3 is 2.24 bits per heavy atom. The second-order valence-electron chi connectivity index (χ2n) is 17.2. The van der Waals surface area contributed by atoms with Crippen LogP contribution in [0.25, 0.3) is 0 Å². The summed E-state index contributed by atoms with van der Waals surface area (Å²) in [6.45, 7) is 0.324. The molecule has 4 N–H and O–H groups in total. The number of ether oxygens (including phenoxy) is 4. The van der Waals surface area contributed by atoms with Gasteiger partial charge in [-0.2, -0.15) is 5.26 Å². The summed E-state index contributed by atoms with van der Waals surface area (Å²) in [7, 11) is -24.7. The molecule has 0 radical (unpaired) electrons. The maximum Gasteiger partial charge on any atom is 0.479 e. The SMILES string of the molecule is COc1ccc(C(OC[C@H]2O[C@@H](n3cc(C)c(=O)[nH]c3=O)CC2O)(c2ccccc2)c2ccc(OCCCOP(=O)(OCCC#N)OC[SiH]3O[SiH2]O[SiH]4O[SiH]5O[SiH2]O[SiH2]O[Si](CCO)(O5)O[Si](CCO)(O3)O4)cc2)cc1. The van der Waals surface area contributed by atoms with Crippen molar-refractivity contribution in [3.8, 4) is 17.6 Å². The molecule has 3 aromatic carbocycles. The lowest BCUT2D eigenvalue weighted by Crippen LogP contribution is -2.69. The quantitative estimate of drug-likeness (QED) is 0.0272. The van der Waals surface area contributed by atoms with Gasteiger partial charge in [-0.1, -0.05) is 54.6 Å². The Balaban J connectivity index is 0.933. The fraction of sp³-hybridized carbons (Fsp3) is 0.439. The Bertz CT molecular complexity index is 2710. The highest BCUT2D eigenvalue weighted by Crippen LogP contribution is 2.50. The van der Waals surface area contributed by atoms with Crippen LogP contribution in [0.4, 0.5) is 0 Å². The second-order valence-corrected chi connectivity index (χ2v) is 37.1. The van der Waals surface area contributed by atoms with Crippen LogP contribution in [0.2, 0.25) is 12.1 Å². The molecule has 1 aromatic heterocycles. The number of aryl methyl sites for hydroxylation is 1. The Kier molecular flexibility index (Phi) is 21.4. The molecule has 8 unspecified atom stereocenters. The van der Waals surface area contributed by atoms with Crippen molar-refractivity contribution in [1.29, 1.82) is 5.26 Å². The van der Waals surface area contributed by atoms with E-state index in [0.717, 1.165) is 11.1 Å². The molecular weight excluding hydrogens is 1160 g/mol. The van der Waals surface area contributed by atoms with Crippen LogP contribution in [0.1, 0.15) is 47.7 Å². The number of H-pyrrole nitrogens is 1. The summed E-state index contributed by atoms with van der Waals surface area (Å²) in [5.41, 5.74) is 0.0623. The van der Waals surface area contributed by atoms with Crippen molar-refractivity contribution in [3.63, 3.8) is 0 Å². The van der Waals surface area contributed by atoms with Crippen molar-refractivity contribution in [1.82, 2.24) is 9.55 Å². The van der Waals surface area contributed by atoms with E-state index >= 15 is 0 Å². The third-order valence-electron chi connectivity index (χ3n) is 12.0. The monoisotopic (exact) mass is 1220 g/mol. The highest BCUT2D eigenvalue weighted by Gasteiger charge is 2.60. The van der Waals surface area contributed by atoms with E-state index in [1.807, 2.05) is 72.8 Å². The van der Waals surface area contributed by atoms with Gasteiger partial charge in [-0.25, -0.2) is 9.36 Å². The Morgan fingerprint density at radius 1 is 0.855 bits per heavy atom. The van der Waals surface area contributed by atoms with Crippen LogP contribution < -0.4 is 20.7 Å². The van der Waals surface area contributed by atoms with Crippen LogP contribution in [-0.4, -0.2) is 166 Å². The minimum Gasteiger partial charge on any atom is -0.497 e. The van der Waals surface area contributed by atoms with Crippen molar-refractivity contribution in [2.45, 2.75) is 62.3 Å². The van der Waals surface area contributed by atoms with Gasteiger partial charge in [0, 0.05) is 49.9 Å². The topological polar surface area (TPSA) is 313 Å². The molecule has 8 rings (SSSR count). The lowest BCUT2D eigenvalue weighted by molar-refractivity contribution is -0.0944. The lowest BCUT2D eigenvalue weighted by Gasteiger charge is -2.45. The minimum atomic E-state index is -4.37. The minimum absolute atomic E-state index is 0.0580. The number of phosphoric acid groups is 1. The van der Waals surface area contributed by atoms with E-state index in [2.05, 4.69) is 4.98 Å². The number of methoxy groups -OCH3 is 1. The summed E-state index contributed by atoms with van der Waals surface area (Å²) in [5, 5.41) is 40.7. The second kappa shape index (κ2) is 27.7. The van der Waals surface area contributed by atoms with Gasteiger partial charge < -0.3 is 75.4 Å². The number of benzene rings is 3. The molecule has 0 aliphatic carbocycles. The Hall–Kier alpha value is -3.32. The first kappa shape index (κ1) is 58.8. The zero-order chi connectivity index (χ0) is 53.6. The normalized spacial score (nSPS) is 28.4. The van der Waals surface area contributed by atoms with Crippen LogP contribution in [-0.2, 0) is 74.4 Å². The standard InChI is InChI=1S/C41H60N3O23PSi8/c1-30-27-44(40(49)43-39(30)48)38-26-36(47)37(57-38)28-53-41(31-8-4-3-5-9-31,32-10-14-34(51-2)15-11-32)33-12-16-35(17-13-33)52-21-7-23-55-68(50,54-22-6-18-42)56-29-72-59-71-61-74-63-73-60-69-58-70-62-75(65-73,24-19-45)67-76(64-72,66-74)25-20-46/h3-5,8-17,27,36-38,45-47,72-74H,6-7,19-26,28-29,69-71H2,1-2H3,(H,43,48,49)/t36?,37-,38-,41?,68?,72?,73?,74?,75?,76?/m1/s1. The zero-order valence-electron chi connectivity index (χ0n) is 41.5. The van der Waals surface area contributed by atoms with Crippen LogP contribution in [0.15, 0.2) is 94.6 Å². The largest absolute Gasteiger partial charge is 0.497 e. The summed E-state index contributed by atoms with van der Waals surface area (Å²) < 4.78 is 118. The predicted molar refractivity (Wildman–Crippen MR) is 281 cm³/mol. The van der Waals surface area contributed by atoms with Crippen LogP contribution in [0, 0.1) is 18.3 Å². The molecule has 4 saturated heterocycles. The van der Waals surface area contributed by atoms with Gasteiger partial charge in [-0.3, -0.25) is 27.9 Å². The number of rotatable bonds is 24. The number of phosphoric ester groups is 1. The van der Waals surface area contributed by atoms with Gasteiger partial charge in [0.2, 0.25) is 0 Å². The first-order valence-electron chi connectivity index (χ1n) is 24.1. The molecule has 76 heavy (non-hydrogen) atoms. The molecule has 26 nitrogen and oxygen atoms in total.